The molecule has 0 bridgehead atoms. The first-order valence-corrected chi connectivity index (χ1v) is 8.58. The minimum atomic E-state index is -2.49. The zero-order chi connectivity index (χ0) is 21.1. The molecule has 2 amide bonds. The van der Waals surface area contributed by atoms with E-state index in [0.717, 1.165) is 4.90 Å². The van der Waals surface area contributed by atoms with Gasteiger partial charge in [-0.1, -0.05) is 0 Å². The molecule has 2 rings (SSSR count). The molecule has 1 saturated heterocycles. The second-order valence-electron chi connectivity index (χ2n) is 6.82. The van der Waals surface area contributed by atoms with Crippen molar-refractivity contribution in [3.8, 4) is 0 Å². The molecular formula is C17H25N3O8. The Balaban J connectivity index is 2.31. The average molecular weight is 399 g/mol. The van der Waals surface area contributed by atoms with Gasteiger partial charge in [0.1, 0.15) is 18.3 Å². The standard InChI is InChI=1S/C17H25N3O8/c1-20(2)16(26)17(27)6-10(22)12(14(28-17)13(24)11(23)8-21)19-15(25)9-4-3-5-18-7-9/h3-5,7,10-14,21-24,27H,6,8H2,1-2H3,(H,19,25)/t10-,11+,12+,13+,14+,17?/m0/s1. The lowest BCUT2D eigenvalue weighted by atomic mass is 9.88. The molecule has 0 aromatic carbocycles. The summed E-state index contributed by atoms with van der Waals surface area (Å²) in [6.45, 7) is -0.847. The molecule has 1 unspecified atom stereocenters. The van der Waals surface area contributed by atoms with Crippen LogP contribution in [0.25, 0.3) is 0 Å². The zero-order valence-electron chi connectivity index (χ0n) is 15.5. The molecule has 0 aliphatic carbocycles. The Labute approximate surface area is 161 Å². The van der Waals surface area contributed by atoms with Crippen LogP contribution in [0.15, 0.2) is 24.5 Å². The van der Waals surface area contributed by atoms with Crippen LogP contribution in [0.2, 0.25) is 0 Å². The maximum absolute atomic E-state index is 12.4. The summed E-state index contributed by atoms with van der Waals surface area (Å²) in [4.78, 5) is 29.5. The predicted molar refractivity (Wildman–Crippen MR) is 93.7 cm³/mol. The normalized spacial score (nSPS) is 29.6. The van der Waals surface area contributed by atoms with Gasteiger partial charge in [-0.15, -0.1) is 0 Å². The number of carbonyl (C=O) groups excluding carboxylic acids is 2. The van der Waals surface area contributed by atoms with Crippen molar-refractivity contribution in [1.29, 1.82) is 0 Å². The summed E-state index contributed by atoms with van der Waals surface area (Å²) >= 11 is 0. The van der Waals surface area contributed by atoms with Crippen LogP contribution in [0, 0.1) is 0 Å². The maximum Gasteiger partial charge on any atom is 0.282 e. The summed E-state index contributed by atoms with van der Waals surface area (Å²) in [5.74, 6) is -4.03. The third-order valence-electron chi connectivity index (χ3n) is 4.47. The van der Waals surface area contributed by atoms with Crippen molar-refractivity contribution in [3.05, 3.63) is 30.1 Å². The summed E-state index contributed by atoms with van der Waals surface area (Å²) in [6, 6.07) is 1.70. The van der Waals surface area contributed by atoms with Gasteiger partial charge in [-0.25, -0.2) is 0 Å². The molecule has 0 saturated carbocycles. The Bertz CT molecular complexity index is 688. The number of pyridine rings is 1. The van der Waals surface area contributed by atoms with Gasteiger partial charge >= 0.3 is 0 Å². The Morgan fingerprint density at radius 1 is 1.43 bits per heavy atom. The van der Waals surface area contributed by atoms with E-state index in [4.69, 9.17) is 9.84 Å². The summed E-state index contributed by atoms with van der Waals surface area (Å²) in [6.07, 6.45) is -4.46. The number of rotatable bonds is 6. The molecule has 2 heterocycles. The van der Waals surface area contributed by atoms with Gasteiger partial charge < -0.3 is 40.5 Å². The Kier molecular flexibility index (Phi) is 7.04. The first-order valence-electron chi connectivity index (χ1n) is 8.58. The van der Waals surface area contributed by atoms with Crippen LogP contribution in [0.4, 0.5) is 0 Å². The van der Waals surface area contributed by atoms with Crippen molar-refractivity contribution in [2.45, 2.75) is 42.7 Å². The van der Waals surface area contributed by atoms with Crippen LogP contribution < -0.4 is 5.32 Å². The molecule has 6 N–H and O–H groups in total. The number of nitrogens with zero attached hydrogens (tertiary/aromatic N) is 2. The molecule has 28 heavy (non-hydrogen) atoms. The highest BCUT2D eigenvalue weighted by molar-refractivity contribution is 5.94. The van der Waals surface area contributed by atoms with E-state index in [-0.39, 0.29) is 5.56 Å². The van der Waals surface area contributed by atoms with E-state index in [1.807, 2.05) is 0 Å². The Morgan fingerprint density at radius 3 is 2.64 bits per heavy atom. The molecule has 11 heteroatoms. The SMILES string of the molecule is CN(C)C(=O)C1(O)C[C@H](O)[C@@H](NC(=O)c2cccnc2)[C@H]([C@H](O)[C@H](O)CO)O1. The van der Waals surface area contributed by atoms with Crippen molar-refractivity contribution in [2.75, 3.05) is 20.7 Å². The number of nitrogens with one attached hydrogen (secondary N) is 1. The van der Waals surface area contributed by atoms with E-state index in [1.165, 1.54) is 38.6 Å². The molecule has 1 aromatic rings. The quantitative estimate of drug-likeness (QED) is 0.288. The number of ether oxygens (including phenoxy) is 1. The van der Waals surface area contributed by atoms with Crippen molar-refractivity contribution in [1.82, 2.24) is 15.2 Å². The van der Waals surface area contributed by atoms with Crippen molar-refractivity contribution < 1.29 is 39.9 Å². The Hall–Kier alpha value is -2.15. The number of aromatic nitrogens is 1. The summed E-state index contributed by atoms with van der Waals surface area (Å²) in [5.41, 5.74) is 0.163. The van der Waals surface area contributed by atoms with E-state index >= 15 is 0 Å². The number of aliphatic hydroxyl groups is 5. The molecule has 156 valence electrons. The molecule has 1 aromatic heterocycles. The number of hydrogen-bond acceptors (Lipinski definition) is 9. The van der Waals surface area contributed by atoms with Crippen LogP contribution in [0.3, 0.4) is 0 Å². The molecule has 6 atom stereocenters. The fraction of sp³-hybridized carbons (Fsp3) is 0.588. The minimum Gasteiger partial charge on any atom is -0.394 e. The lowest BCUT2D eigenvalue weighted by molar-refractivity contribution is -0.290. The smallest absolute Gasteiger partial charge is 0.282 e. The van der Waals surface area contributed by atoms with E-state index < -0.39 is 61.1 Å². The fourth-order valence-electron chi connectivity index (χ4n) is 2.98. The highest BCUT2D eigenvalue weighted by Gasteiger charge is 2.54. The van der Waals surface area contributed by atoms with E-state index in [1.54, 1.807) is 0 Å². The fourth-order valence-corrected chi connectivity index (χ4v) is 2.98. The van der Waals surface area contributed by atoms with Gasteiger partial charge in [-0.2, -0.15) is 0 Å². The first-order chi connectivity index (χ1) is 13.1. The first kappa shape index (κ1) is 22.1. The molecular weight excluding hydrogens is 374 g/mol. The third-order valence-corrected chi connectivity index (χ3v) is 4.47. The molecule has 1 fully saturated rings. The molecule has 1 aliphatic heterocycles. The van der Waals surface area contributed by atoms with Gasteiger partial charge in [0, 0.05) is 32.9 Å². The van der Waals surface area contributed by atoms with Crippen molar-refractivity contribution >= 4 is 11.8 Å². The van der Waals surface area contributed by atoms with E-state index in [0.29, 0.717) is 0 Å². The maximum atomic E-state index is 12.4. The monoisotopic (exact) mass is 399 g/mol. The van der Waals surface area contributed by atoms with Gasteiger partial charge in [0.05, 0.1) is 24.3 Å². The molecule has 0 radical (unpaired) electrons. The van der Waals surface area contributed by atoms with Crippen LogP contribution in [-0.2, 0) is 9.53 Å². The third kappa shape index (κ3) is 4.63. The minimum absolute atomic E-state index is 0.163. The number of likely N-dealkylation sites (N-methyl/N-ethyl adjacent to an activating group) is 1. The number of carbonyl (C=O) groups is 2. The zero-order valence-corrected chi connectivity index (χ0v) is 15.5. The van der Waals surface area contributed by atoms with Gasteiger partial charge in [0.2, 0.25) is 5.79 Å². The molecule has 0 spiro atoms. The highest BCUT2D eigenvalue weighted by Crippen LogP contribution is 2.31. The second kappa shape index (κ2) is 8.90. The summed E-state index contributed by atoms with van der Waals surface area (Å²) < 4.78 is 5.35. The van der Waals surface area contributed by atoms with Gasteiger partial charge in [0.15, 0.2) is 0 Å². The number of hydrogen-bond donors (Lipinski definition) is 6. The topological polar surface area (TPSA) is 173 Å². The lowest BCUT2D eigenvalue weighted by Crippen LogP contribution is -2.68. The van der Waals surface area contributed by atoms with E-state index in [9.17, 15) is 30.0 Å². The van der Waals surface area contributed by atoms with Crippen LogP contribution in [0.1, 0.15) is 16.8 Å². The van der Waals surface area contributed by atoms with Gasteiger partial charge in [0.25, 0.3) is 11.8 Å². The second-order valence-corrected chi connectivity index (χ2v) is 6.82. The number of amides is 2. The van der Waals surface area contributed by atoms with Crippen molar-refractivity contribution in [2.24, 2.45) is 0 Å². The largest absolute Gasteiger partial charge is 0.394 e. The van der Waals surface area contributed by atoms with E-state index in [2.05, 4.69) is 10.3 Å². The van der Waals surface area contributed by atoms with Crippen LogP contribution in [-0.4, -0.2) is 104 Å². The van der Waals surface area contributed by atoms with Gasteiger partial charge in [-0.05, 0) is 12.1 Å². The van der Waals surface area contributed by atoms with Gasteiger partial charge in [-0.3, -0.25) is 14.6 Å². The van der Waals surface area contributed by atoms with Crippen molar-refractivity contribution in [3.63, 3.8) is 0 Å². The summed E-state index contributed by atoms with van der Waals surface area (Å²) in [5, 5.41) is 52.8. The number of aliphatic hydroxyl groups excluding tert-OH is 4. The highest BCUT2D eigenvalue weighted by atomic mass is 16.6. The van der Waals surface area contributed by atoms with Crippen LogP contribution >= 0.6 is 0 Å². The predicted octanol–water partition coefficient (Wildman–Crippen LogP) is -3.18. The lowest BCUT2D eigenvalue weighted by Gasteiger charge is -2.46. The molecule has 11 nitrogen and oxygen atoms in total. The Morgan fingerprint density at radius 2 is 2.11 bits per heavy atom. The molecule has 1 aliphatic rings. The van der Waals surface area contributed by atoms with Crippen LogP contribution in [0.5, 0.6) is 0 Å². The summed E-state index contributed by atoms with van der Waals surface area (Å²) in [7, 11) is 2.72. The average Bonchev–Trinajstić information content (AvgIpc) is 2.68.